The fraction of sp³-hybridized carbons (Fsp3) is 0.909. The fourth-order valence-corrected chi connectivity index (χ4v) is 2.89. The molecule has 2 N–H and O–H groups in total. The quantitative estimate of drug-likeness (QED) is 0.818. The number of sulfonamides is 1. The Morgan fingerprint density at radius 3 is 2.50 bits per heavy atom. The highest BCUT2D eigenvalue weighted by atomic mass is 32.2. The number of primary sulfonamides is 1. The highest BCUT2D eigenvalue weighted by Crippen LogP contribution is 2.21. The lowest BCUT2D eigenvalue weighted by Gasteiger charge is -2.36. The van der Waals surface area contributed by atoms with Gasteiger partial charge in [-0.15, -0.1) is 0 Å². The van der Waals surface area contributed by atoms with Gasteiger partial charge in [-0.1, -0.05) is 0 Å². The average Bonchev–Trinajstić information content (AvgIpc) is 2.12. The number of nitrogens with zero attached hydrogens (tertiary/aromatic N) is 1. The molecule has 1 heterocycles. The van der Waals surface area contributed by atoms with Crippen molar-refractivity contribution in [2.75, 3.05) is 12.3 Å². The Bertz CT molecular complexity index is 400. The molecular formula is C11H22N2O4S. The van der Waals surface area contributed by atoms with Crippen LogP contribution in [0, 0.1) is 0 Å². The molecule has 0 bridgehead atoms. The van der Waals surface area contributed by atoms with Crippen LogP contribution in [-0.4, -0.2) is 43.4 Å². The van der Waals surface area contributed by atoms with Crippen molar-refractivity contribution in [1.29, 1.82) is 0 Å². The number of carbonyl (C=O) groups excluding carboxylic acids is 1. The first kappa shape index (κ1) is 15.2. The predicted molar refractivity (Wildman–Crippen MR) is 68.6 cm³/mol. The first-order valence-corrected chi connectivity index (χ1v) is 7.80. The molecule has 0 aromatic heterocycles. The Morgan fingerprint density at radius 2 is 2.00 bits per heavy atom. The summed E-state index contributed by atoms with van der Waals surface area (Å²) in [6.45, 7) is 5.87. The molecular weight excluding hydrogens is 256 g/mol. The molecule has 0 spiro atoms. The van der Waals surface area contributed by atoms with E-state index < -0.39 is 21.7 Å². The monoisotopic (exact) mass is 278 g/mol. The maximum Gasteiger partial charge on any atom is 0.410 e. The van der Waals surface area contributed by atoms with E-state index in [9.17, 15) is 13.2 Å². The summed E-state index contributed by atoms with van der Waals surface area (Å²) in [5.41, 5.74) is -0.583. The number of nitrogens with two attached hydrogens (primary N) is 1. The van der Waals surface area contributed by atoms with E-state index in [0.29, 0.717) is 13.0 Å². The van der Waals surface area contributed by atoms with Gasteiger partial charge < -0.3 is 9.64 Å². The van der Waals surface area contributed by atoms with Gasteiger partial charge in [0.2, 0.25) is 10.0 Å². The van der Waals surface area contributed by atoms with Gasteiger partial charge in [-0.2, -0.15) is 0 Å². The third-order valence-corrected chi connectivity index (χ3v) is 3.53. The van der Waals surface area contributed by atoms with Crippen LogP contribution in [0.1, 0.15) is 40.0 Å². The van der Waals surface area contributed by atoms with Gasteiger partial charge in [0.1, 0.15) is 5.60 Å². The lowest BCUT2D eigenvalue weighted by atomic mass is 10.0. The van der Waals surface area contributed by atoms with E-state index in [1.54, 1.807) is 20.8 Å². The molecule has 7 heteroatoms. The summed E-state index contributed by atoms with van der Waals surface area (Å²) in [6.07, 6.45) is 1.95. The fourth-order valence-electron chi connectivity index (χ4n) is 2.00. The zero-order valence-corrected chi connectivity index (χ0v) is 12.0. The van der Waals surface area contributed by atoms with Crippen molar-refractivity contribution in [2.45, 2.75) is 51.7 Å². The number of hydrogen-bond donors (Lipinski definition) is 1. The van der Waals surface area contributed by atoms with E-state index in [1.807, 2.05) is 0 Å². The molecule has 1 atom stereocenters. The van der Waals surface area contributed by atoms with Gasteiger partial charge >= 0.3 is 6.09 Å². The first-order chi connectivity index (χ1) is 8.08. The summed E-state index contributed by atoms with van der Waals surface area (Å²) in [6, 6.07) is -0.372. The maximum atomic E-state index is 12.0. The zero-order valence-electron chi connectivity index (χ0n) is 11.2. The molecule has 1 aliphatic heterocycles. The third-order valence-electron chi connectivity index (χ3n) is 2.68. The summed E-state index contributed by atoms with van der Waals surface area (Å²) < 4.78 is 27.6. The molecule has 0 radical (unpaired) electrons. The minimum Gasteiger partial charge on any atom is -0.444 e. The second-order valence-corrected chi connectivity index (χ2v) is 7.31. The minimum absolute atomic E-state index is 0.202. The van der Waals surface area contributed by atoms with Gasteiger partial charge in [0.15, 0.2) is 0 Å². The summed E-state index contributed by atoms with van der Waals surface area (Å²) in [4.78, 5) is 13.5. The van der Waals surface area contributed by atoms with Gasteiger partial charge in [0.25, 0.3) is 0 Å². The van der Waals surface area contributed by atoms with Crippen LogP contribution < -0.4 is 5.14 Å². The van der Waals surface area contributed by atoms with Crippen molar-refractivity contribution >= 4 is 16.1 Å². The van der Waals surface area contributed by atoms with Gasteiger partial charge in [-0.25, -0.2) is 18.4 Å². The van der Waals surface area contributed by atoms with E-state index >= 15 is 0 Å². The summed E-state index contributed by atoms with van der Waals surface area (Å²) in [7, 11) is -3.58. The van der Waals surface area contributed by atoms with Crippen LogP contribution in [0.2, 0.25) is 0 Å². The number of rotatable bonds is 2. The molecule has 106 valence electrons. The zero-order chi connectivity index (χ0) is 14.0. The molecule has 0 aromatic carbocycles. The summed E-state index contributed by atoms with van der Waals surface area (Å²) in [5.74, 6) is -0.202. The van der Waals surface area contributed by atoms with Crippen molar-refractivity contribution in [3.05, 3.63) is 0 Å². The SMILES string of the molecule is CC(C)(C)OC(=O)N1CCCCC1CS(N)(=O)=O. The van der Waals surface area contributed by atoms with Gasteiger partial charge in [-0.05, 0) is 40.0 Å². The van der Waals surface area contributed by atoms with Crippen molar-refractivity contribution in [3.8, 4) is 0 Å². The normalized spacial score (nSPS) is 21.8. The largest absolute Gasteiger partial charge is 0.444 e. The number of hydrogen-bond acceptors (Lipinski definition) is 4. The Balaban J connectivity index is 2.73. The van der Waals surface area contributed by atoms with Crippen LogP contribution in [0.4, 0.5) is 4.79 Å². The third kappa shape index (κ3) is 5.22. The van der Waals surface area contributed by atoms with E-state index in [1.165, 1.54) is 4.90 Å². The molecule has 1 amide bonds. The Labute approximate surface area is 109 Å². The number of ether oxygens (including phenoxy) is 1. The molecule has 0 aromatic rings. The van der Waals surface area contributed by atoms with Crippen LogP contribution in [0.25, 0.3) is 0 Å². The lowest BCUT2D eigenvalue weighted by Crippen LogP contribution is -2.49. The molecule has 0 aliphatic carbocycles. The Hall–Kier alpha value is -0.820. The molecule has 1 saturated heterocycles. The van der Waals surface area contributed by atoms with E-state index in [2.05, 4.69) is 0 Å². The first-order valence-electron chi connectivity index (χ1n) is 6.08. The second-order valence-electron chi connectivity index (χ2n) is 5.65. The molecule has 1 aliphatic rings. The van der Waals surface area contributed by atoms with Crippen molar-refractivity contribution in [2.24, 2.45) is 5.14 Å². The summed E-state index contributed by atoms with van der Waals surface area (Å²) >= 11 is 0. The molecule has 1 unspecified atom stereocenters. The maximum absolute atomic E-state index is 12.0. The van der Waals surface area contributed by atoms with Crippen LogP contribution >= 0.6 is 0 Å². The second kappa shape index (κ2) is 5.44. The van der Waals surface area contributed by atoms with Crippen LogP contribution in [0.15, 0.2) is 0 Å². The number of likely N-dealkylation sites (tertiary alicyclic amines) is 1. The molecule has 1 fully saturated rings. The van der Waals surface area contributed by atoms with E-state index in [0.717, 1.165) is 12.8 Å². The number of piperidine rings is 1. The Kier molecular flexibility index (Phi) is 4.61. The standard InChI is InChI=1S/C11H22N2O4S/c1-11(2,3)17-10(14)13-7-5-4-6-9(13)8-18(12,15)16/h9H,4-8H2,1-3H3,(H2,12,15,16). The van der Waals surface area contributed by atoms with Gasteiger partial charge in [0.05, 0.1) is 11.8 Å². The average molecular weight is 278 g/mol. The lowest BCUT2D eigenvalue weighted by molar-refractivity contribution is 0.0124. The van der Waals surface area contributed by atoms with Crippen molar-refractivity contribution < 1.29 is 17.9 Å². The van der Waals surface area contributed by atoms with Gasteiger partial charge in [-0.3, -0.25) is 0 Å². The van der Waals surface area contributed by atoms with Crippen LogP contribution in [0.3, 0.4) is 0 Å². The van der Waals surface area contributed by atoms with Crippen molar-refractivity contribution in [3.63, 3.8) is 0 Å². The predicted octanol–water partition coefficient (Wildman–Crippen LogP) is 1.06. The highest BCUT2D eigenvalue weighted by Gasteiger charge is 2.32. The molecule has 0 saturated carbocycles. The molecule has 18 heavy (non-hydrogen) atoms. The van der Waals surface area contributed by atoms with E-state index in [-0.39, 0.29) is 11.8 Å². The van der Waals surface area contributed by atoms with Crippen molar-refractivity contribution in [1.82, 2.24) is 4.90 Å². The highest BCUT2D eigenvalue weighted by molar-refractivity contribution is 7.89. The summed E-state index contributed by atoms with van der Waals surface area (Å²) in [5, 5.41) is 5.05. The number of carbonyl (C=O) groups is 1. The minimum atomic E-state index is -3.58. The molecule has 1 rings (SSSR count). The van der Waals surface area contributed by atoms with Crippen LogP contribution in [0.5, 0.6) is 0 Å². The molecule has 6 nitrogen and oxygen atoms in total. The number of amides is 1. The topological polar surface area (TPSA) is 89.7 Å². The van der Waals surface area contributed by atoms with Gasteiger partial charge in [0, 0.05) is 6.54 Å². The van der Waals surface area contributed by atoms with Crippen LogP contribution in [-0.2, 0) is 14.8 Å². The van der Waals surface area contributed by atoms with E-state index in [4.69, 9.17) is 9.88 Å². The smallest absolute Gasteiger partial charge is 0.410 e. The Morgan fingerprint density at radius 1 is 1.39 bits per heavy atom.